The van der Waals surface area contributed by atoms with Gasteiger partial charge >= 0.3 is 6.03 Å². The van der Waals surface area contributed by atoms with Gasteiger partial charge in [-0.1, -0.05) is 0 Å². The number of carbonyl (C=O) groups is 1. The Morgan fingerprint density at radius 1 is 1.56 bits per heavy atom. The number of likely N-dealkylation sites (tertiary alicyclic amines) is 1. The normalized spacial score (nSPS) is 31.9. The number of fused-ring (bicyclic) bond motifs is 1. The molecule has 0 saturated carbocycles. The van der Waals surface area contributed by atoms with Crippen LogP contribution in [0.3, 0.4) is 0 Å². The summed E-state index contributed by atoms with van der Waals surface area (Å²) in [6, 6.07) is 0.0921. The molecule has 5 heteroatoms. The summed E-state index contributed by atoms with van der Waals surface area (Å²) in [5.74, 6) is 0. The van der Waals surface area contributed by atoms with Gasteiger partial charge in [-0.2, -0.15) is 0 Å². The summed E-state index contributed by atoms with van der Waals surface area (Å²) in [4.78, 5) is 15.7. The van der Waals surface area contributed by atoms with Gasteiger partial charge in [0.2, 0.25) is 0 Å². The maximum absolute atomic E-state index is 12.1. The average molecular weight is 256 g/mol. The molecular weight excluding hydrogens is 232 g/mol. The van der Waals surface area contributed by atoms with Crippen LogP contribution in [0.4, 0.5) is 4.79 Å². The fourth-order valence-electron chi connectivity index (χ4n) is 3.23. The first-order valence-electron chi connectivity index (χ1n) is 6.66. The van der Waals surface area contributed by atoms with Gasteiger partial charge in [0.25, 0.3) is 0 Å². The molecular formula is C13H24N2O3. The van der Waals surface area contributed by atoms with E-state index in [1.54, 1.807) is 26.1 Å². The van der Waals surface area contributed by atoms with E-state index in [-0.39, 0.29) is 17.6 Å². The Hall–Kier alpha value is -0.810. The Morgan fingerprint density at radius 3 is 3.00 bits per heavy atom. The first-order chi connectivity index (χ1) is 8.59. The molecule has 2 heterocycles. The van der Waals surface area contributed by atoms with Gasteiger partial charge < -0.3 is 19.3 Å². The van der Waals surface area contributed by atoms with Crippen molar-refractivity contribution in [3.63, 3.8) is 0 Å². The number of hydrogen-bond donors (Lipinski definition) is 0. The number of hydrogen-bond acceptors (Lipinski definition) is 3. The van der Waals surface area contributed by atoms with Gasteiger partial charge in [0.05, 0.1) is 12.7 Å². The first-order valence-corrected chi connectivity index (χ1v) is 6.66. The summed E-state index contributed by atoms with van der Waals surface area (Å²) in [6.45, 7) is 3.06. The quantitative estimate of drug-likeness (QED) is 0.745. The lowest BCUT2D eigenvalue weighted by Gasteiger charge is -2.50. The maximum Gasteiger partial charge on any atom is 0.319 e. The second-order valence-corrected chi connectivity index (χ2v) is 5.65. The smallest absolute Gasteiger partial charge is 0.319 e. The molecule has 0 spiro atoms. The van der Waals surface area contributed by atoms with Crippen molar-refractivity contribution in [2.75, 3.05) is 47.5 Å². The summed E-state index contributed by atoms with van der Waals surface area (Å²) < 4.78 is 11.3. The minimum absolute atomic E-state index is 0.00306. The SMILES string of the molecule is COC[C@]12CCCO[C@@H]1CCN(C(=O)N(C)C)C2. The molecule has 0 aromatic carbocycles. The number of ether oxygens (including phenoxy) is 2. The van der Waals surface area contributed by atoms with Gasteiger partial charge in [0.15, 0.2) is 0 Å². The van der Waals surface area contributed by atoms with E-state index < -0.39 is 0 Å². The maximum atomic E-state index is 12.1. The van der Waals surface area contributed by atoms with Crippen LogP contribution in [-0.4, -0.2) is 69.4 Å². The zero-order valence-corrected chi connectivity index (χ0v) is 11.6. The second-order valence-electron chi connectivity index (χ2n) is 5.65. The van der Waals surface area contributed by atoms with Gasteiger partial charge in [0, 0.05) is 46.3 Å². The van der Waals surface area contributed by atoms with Crippen LogP contribution in [0.5, 0.6) is 0 Å². The molecule has 2 aliphatic rings. The van der Waals surface area contributed by atoms with Crippen LogP contribution in [0.15, 0.2) is 0 Å². The van der Waals surface area contributed by atoms with E-state index in [0.717, 1.165) is 39.0 Å². The molecule has 2 saturated heterocycles. The number of urea groups is 1. The Kier molecular flexibility index (Phi) is 4.12. The van der Waals surface area contributed by atoms with Crippen molar-refractivity contribution in [2.24, 2.45) is 5.41 Å². The molecule has 2 rings (SSSR count). The third-order valence-electron chi connectivity index (χ3n) is 4.07. The van der Waals surface area contributed by atoms with Gasteiger partial charge in [-0.25, -0.2) is 4.79 Å². The fourth-order valence-corrected chi connectivity index (χ4v) is 3.23. The van der Waals surface area contributed by atoms with Crippen LogP contribution in [0.1, 0.15) is 19.3 Å². The average Bonchev–Trinajstić information content (AvgIpc) is 2.37. The minimum atomic E-state index is -0.00306. The Bertz CT molecular complexity index is 305. The second kappa shape index (κ2) is 5.45. The molecule has 2 fully saturated rings. The van der Waals surface area contributed by atoms with Gasteiger partial charge in [-0.3, -0.25) is 0 Å². The van der Waals surface area contributed by atoms with E-state index in [1.807, 2.05) is 4.90 Å². The molecule has 0 radical (unpaired) electrons. The van der Waals surface area contributed by atoms with Gasteiger partial charge in [0.1, 0.15) is 0 Å². The lowest BCUT2D eigenvalue weighted by Crippen LogP contribution is -2.59. The van der Waals surface area contributed by atoms with Crippen LogP contribution >= 0.6 is 0 Å². The number of piperidine rings is 1. The van der Waals surface area contributed by atoms with Crippen LogP contribution < -0.4 is 0 Å². The lowest BCUT2D eigenvalue weighted by atomic mass is 9.73. The van der Waals surface area contributed by atoms with Crippen molar-refractivity contribution in [3.8, 4) is 0 Å². The van der Waals surface area contributed by atoms with Crippen molar-refractivity contribution in [2.45, 2.75) is 25.4 Å². The predicted molar refractivity (Wildman–Crippen MR) is 68.6 cm³/mol. The Labute approximate surface area is 109 Å². The highest BCUT2D eigenvalue weighted by Gasteiger charge is 2.47. The number of carbonyl (C=O) groups excluding carboxylic acids is 1. The molecule has 0 N–H and O–H groups in total. The number of amides is 2. The van der Waals surface area contributed by atoms with E-state index in [9.17, 15) is 4.79 Å². The van der Waals surface area contributed by atoms with E-state index in [1.165, 1.54) is 0 Å². The number of nitrogens with zero attached hydrogens (tertiary/aromatic N) is 2. The van der Waals surface area contributed by atoms with E-state index in [2.05, 4.69) is 0 Å². The molecule has 5 nitrogen and oxygen atoms in total. The van der Waals surface area contributed by atoms with Crippen LogP contribution in [-0.2, 0) is 9.47 Å². The molecule has 0 aromatic heterocycles. The summed E-state index contributed by atoms with van der Waals surface area (Å²) in [5, 5.41) is 0. The van der Waals surface area contributed by atoms with Gasteiger partial charge in [-0.05, 0) is 19.3 Å². The van der Waals surface area contributed by atoms with Crippen LogP contribution in [0.25, 0.3) is 0 Å². The van der Waals surface area contributed by atoms with E-state index in [0.29, 0.717) is 6.61 Å². The number of methoxy groups -OCH3 is 1. The highest BCUT2D eigenvalue weighted by atomic mass is 16.5. The van der Waals surface area contributed by atoms with Crippen molar-refractivity contribution >= 4 is 6.03 Å². The monoisotopic (exact) mass is 256 g/mol. The Morgan fingerprint density at radius 2 is 2.33 bits per heavy atom. The molecule has 2 atom stereocenters. The van der Waals surface area contributed by atoms with Crippen molar-refractivity contribution in [1.29, 1.82) is 0 Å². The highest BCUT2D eigenvalue weighted by Crippen LogP contribution is 2.40. The van der Waals surface area contributed by atoms with Gasteiger partial charge in [-0.15, -0.1) is 0 Å². The summed E-state index contributed by atoms with van der Waals surface area (Å²) >= 11 is 0. The lowest BCUT2D eigenvalue weighted by molar-refractivity contribution is -0.142. The summed E-state index contributed by atoms with van der Waals surface area (Å²) in [6.07, 6.45) is 3.31. The third kappa shape index (κ3) is 2.47. The zero-order chi connectivity index (χ0) is 13.2. The Balaban J connectivity index is 2.11. The largest absolute Gasteiger partial charge is 0.384 e. The molecule has 0 unspecified atom stereocenters. The van der Waals surface area contributed by atoms with E-state index >= 15 is 0 Å². The topological polar surface area (TPSA) is 42.0 Å². The summed E-state index contributed by atoms with van der Waals surface area (Å²) in [7, 11) is 5.33. The summed E-state index contributed by atoms with van der Waals surface area (Å²) in [5.41, 5.74) is -0.00306. The predicted octanol–water partition coefficient (Wildman–Crippen LogP) is 1.19. The van der Waals surface area contributed by atoms with Crippen molar-refractivity contribution in [3.05, 3.63) is 0 Å². The standard InChI is InChI=1S/C13H24N2O3/c1-14(2)12(16)15-7-5-11-13(9-15,10-17-3)6-4-8-18-11/h11H,4-10H2,1-3H3/t11-,13-/m1/s1. The molecule has 18 heavy (non-hydrogen) atoms. The van der Waals surface area contributed by atoms with Crippen LogP contribution in [0.2, 0.25) is 0 Å². The zero-order valence-electron chi connectivity index (χ0n) is 11.6. The molecule has 2 aliphatic heterocycles. The molecule has 0 aliphatic carbocycles. The van der Waals surface area contributed by atoms with Crippen molar-refractivity contribution < 1.29 is 14.3 Å². The highest BCUT2D eigenvalue weighted by molar-refractivity contribution is 5.74. The number of rotatable bonds is 2. The molecule has 2 amide bonds. The molecule has 104 valence electrons. The third-order valence-corrected chi connectivity index (χ3v) is 4.07. The fraction of sp³-hybridized carbons (Fsp3) is 0.923. The van der Waals surface area contributed by atoms with Crippen LogP contribution in [0, 0.1) is 5.41 Å². The molecule has 0 bridgehead atoms. The molecule has 0 aromatic rings. The van der Waals surface area contributed by atoms with Crippen molar-refractivity contribution in [1.82, 2.24) is 9.80 Å². The minimum Gasteiger partial charge on any atom is -0.384 e. The first kappa shape index (κ1) is 13.6. The van der Waals surface area contributed by atoms with E-state index in [4.69, 9.17) is 9.47 Å².